The normalized spacial score (nSPS) is 11.0. The molecule has 4 heterocycles. The van der Waals surface area contributed by atoms with Crippen LogP contribution in [-0.2, 0) is 4.74 Å². The van der Waals surface area contributed by atoms with Crippen molar-refractivity contribution in [3.05, 3.63) is 84.1 Å². The number of carbonyl (C=O) groups excluding carboxylic acids is 1. The van der Waals surface area contributed by atoms with Crippen LogP contribution in [0, 0.1) is 12.7 Å². The van der Waals surface area contributed by atoms with Crippen LogP contribution in [0.1, 0.15) is 23.0 Å². The summed E-state index contributed by atoms with van der Waals surface area (Å²) in [4.78, 5) is 26.9. The average Bonchev–Trinajstić information content (AvgIpc) is 3.33. The van der Waals surface area contributed by atoms with E-state index in [0.29, 0.717) is 33.5 Å². The zero-order chi connectivity index (χ0) is 23.7. The number of H-pyrrole nitrogens is 1. The Morgan fingerprint density at radius 2 is 1.85 bits per heavy atom. The van der Waals surface area contributed by atoms with Crippen molar-refractivity contribution in [1.29, 1.82) is 0 Å². The summed E-state index contributed by atoms with van der Waals surface area (Å²) in [5.41, 5.74) is 5.70. The van der Waals surface area contributed by atoms with Gasteiger partial charge in [-0.15, -0.1) is 0 Å². The van der Waals surface area contributed by atoms with Gasteiger partial charge in [-0.1, -0.05) is 18.2 Å². The van der Waals surface area contributed by atoms with Gasteiger partial charge in [-0.2, -0.15) is 5.10 Å². The largest absolute Gasteiger partial charge is 0.462 e. The van der Waals surface area contributed by atoms with E-state index >= 15 is 0 Å². The molecule has 0 spiro atoms. The van der Waals surface area contributed by atoms with Crippen LogP contribution >= 0.6 is 0 Å². The van der Waals surface area contributed by atoms with Gasteiger partial charge in [-0.3, -0.25) is 15.1 Å². The van der Waals surface area contributed by atoms with Gasteiger partial charge < -0.3 is 4.74 Å². The molecule has 168 valence electrons. The van der Waals surface area contributed by atoms with Crippen LogP contribution in [-0.4, -0.2) is 37.7 Å². The monoisotopic (exact) mass is 453 g/mol. The molecule has 1 aromatic carbocycles. The van der Waals surface area contributed by atoms with Gasteiger partial charge in [0.2, 0.25) is 0 Å². The van der Waals surface area contributed by atoms with Gasteiger partial charge in [0.25, 0.3) is 0 Å². The first kappa shape index (κ1) is 21.4. The maximum atomic E-state index is 14.0. The Labute approximate surface area is 194 Å². The van der Waals surface area contributed by atoms with Crippen LogP contribution in [0.3, 0.4) is 0 Å². The molecule has 34 heavy (non-hydrogen) atoms. The Kier molecular flexibility index (Phi) is 5.55. The number of hydrogen-bond donors (Lipinski definition) is 1. The van der Waals surface area contributed by atoms with Crippen LogP contribution in [0.2, 0.25) is 0 Å². The summed E-state index contributed by atoms with van der Waals surface area (Å²) in [7, 11) is 0. The van der Waals surface area contributed by atoms with Gasteiger partial charge in [0.1, 0.15) is 11.3 Å². The zero-order valence-corrected chi connectivity index (χ0v) is 18.5. The fourth-order valence-corrected chi connectivity index (χ4v) is 3.86. The standard InChI is InChI=1S/C26H20FN5O2/c1-3-34-26(33)23-18(16-7-5-8-17(27)12-16)13-28-21-11-10-20(31-25(21)23)19-14-29-32-24(19)22-9-4-6-15(2)30-22/h4-14H,3H2,1-2H3,(H,29,32). The first-order valence-electron chi connectivity index (χ1n) is 10.8. The SMILES string of the molecule is CCOC(=O)c1c(-c2cccc(F)c2)cnc2ccc(-c3cn[nH]c3-c3cccc(C)n3)nc12. The average molecular weight is 453 g/mol. The summed E-state index contributed by atoms with van der Waals surface area (Å²) in [6.07, 6.45) is 3.21. The van der Waals surface area contributed by atoms with Gasteiger partial charge in [0.05, 0.1) is 41.0 Å². The summed E-state index contributed by atoms with van der Waals surface area (Å²) in [5.74, 6) is -0.964. The maximum Gasteiger partial charge on any atom is 0.341 e. The highest BCUT2D eigenvalue weighted by molar-refractivity contribution is 6.08. The molecule has 0 aliphatic carbocycles. The predicted molar refractivity (Wildman–Crippen MR) is 126 cm³/mol. The molecule has 4 aromatic heterocycles. The molecule has 0 radical (unpaired) electrons. The zero-order valence-electron chi connectivity index (χ0n) is 18.5. The van der Waals surface area contributed by atoms with Gasteiger partial charge in [-0.05, 0) is 55.8 Å². The number of aromatic nitrogens is 5. The fraction of sp³-hybridized carbons (Fsp3) is 0.115. The molecule has 8 heteroatoms. The van der Waals surface area contributed by atoms with Crippen molar-refractivity contribution >= 4 is 17.0 Å². The van der Waals surface area contributed by atoms with Gasteiger partial charge in [0.15, 0.2) is 0 Å². The minimum absolute atomic E-state index is 0.190. The molecule has 0 atom stereocenters. The van der Waals surface area contributed by atoms with Crippen molar-refractivity contribution in [2.75, 3.05) is 6.61 Å². The Bertz CT molecular complexity index is 1530. The number of pyridine rings is 3. The quantitative estimate of drug-likeness (QED) is 0.360. The lowest BCUT2D eigenvalue weighted by atomic mass is 9.99. The molecule has 7 nitrogen and oxygen atoms in total. The van der Waals surface area contributed by atoms with E-state index in [4.69, 9.17) is 9.72 Å². The second-order valence-electron chi connectivity index (χ2n) is 7.66. The second kappa shape index (κ2) is 8.82. The minimum atomic E-state index is -0.549. The highest BCUT2D eigenvalue weighted by Gasteiger charge is 2.22. The summed E-state index contributed by atoms with van der Waals surface area (Å²) in [6.45, 7) is 3.84. The van der Waals surface area contributed by atoms with E-state index in [2.05, 4.69) is 20.2 Å². The third-order valence-electron chi connectivity index (χ3n) is 5.39. The van der Waals surface area contributed by atoms with Crippen molar-refractivity contribution in [3.63, 3.8) is 0 Å². The smallest absolute Gasteiger partial charge is 0.341 e. The Morgan fingerprint density at radius 1 is 1.00 bits per heavy atom. The van der Waals surface area contributed by atoms with E-state index in [9.17, 15) is 9.18 Å². The van der Waals surface area contributed by atoms with E-state index < -0.39 is 11.8 Å². The number of aryl methyl sites for hydroxylation is 1. The summed E-state index contributed by atoms with van der Waals surface area (Å²) in [6, 6.07) is 15.3. The number of rotatable bonds is 5. The highest BCUT2D eigenvalue weighted by atomic mass is 19.1. The number of fused-ring (bicyclic) bond motifs is 1. The Morgan fingerprint density at radius 3 is 2.65 bits per heavy atom. The van der Waals surface area contributed by atoms with Gasteiger partial charge >= 0.3 is 5.97 Å². The van der Waals surface area contributed by atoms with Crippen molar-refractivity contribution in [1.82, 2.24) is 25.1 Å². The molecule has 0 saturated carbocycles. The lowest BCUT2D eigenvalue weighted by Crippen LogP contribution is -2.09. The Hall–Kier alpha value is -4.46. The van der Waals surface area contributed by atoms with Crippen LogP contribution in [0.15, 0.2) is 67.0 Å². The van der Waals surface area contributed by atoms with Crippen molar-refractivity contribution in [2.45, 2.75) is 13.8 Å². The number of carbonyl (C=O) groups is 1. The fourth-order valence-electron chi connectivity index (χ4n) is 3.86. The third-order valence-corrected chi connectivity index (χ3v) is 5.39. The van der Waals surface area contributed by atoms with E-state index in [0.717, 1.165) is 17.0 Å². The lowest BCUT2D eigenvalue weighted by molar-refractivity contribution is 0.0529. The molecular formula is C26H20FN5O2. The van der Waals surface area contributed by atoms with E-state index in [-0.39, 0.29) is 12.2 Å². The van der Waals surface area contributed by atoms with Gasteiger partial charge in [-0.25, -0.2) is 14.2 Å². The molecule has 5 aromatic rings. The summed E-state index contributed by atoms with van der Waals surface area (Å²) < 4.78 is 19.3. The number of hydrogen-bond acceptors (Lipinski definition) is 6. The maximum absolute atomic E-state index is 14.0. The molecule has 0 amide bonds. The number of aromatic amines is 1. The number of benzene rings is 1. The molecular weight excluding hydrogens is 433 g/mol. The lowest BCUT2D eigenvalue weighted by Gasteiger charge is -2.12. The number of esters is 1. The first-order valence-corrected chi connectivity index (χ1v) is 10.8. The van der Waals surface area contributed by atoms with Crippen molar-refractivity contribution < 1.29 is 13.9 Å². The van der Waals surface area contributed by atoms with E-state index in [1.807, 2.05) is 31.2 Å². The molecule has 0 aliphatic heterocycles. The molecule has 5 rings (SSSR count). The van der Waals surface area contributed by atoms with Crippen molar-refractivity contribution in [2.24, 2.45) is 0 Å². The molecule has 0 unspecified atom stereocenters. The van der Waals surface area contributed by atoms with Crippen molar-refractivity contribution in [3.8, 4) is 33.8 Å². The number of nitrogens with one attached hydrogen (secondary N) is 1. The molecule has 0 bridgehead atoms. The predicted octanol–water partition coefficient (Wildman–Crippen LogP) is 5.37. The highest BCUT2D eigenvalue weighted by Crippen LogP contribution is 2.33. The number of ether oxygens (including phenoxy) is 1. The molecule has 0 aliphatic rings. The summed E-state index contributed by atoms with van der Waals surface area (Å²) in [5, 5.41) is 7.19. The molecule has 0 saturated heterocycles. The minimum Gasteiger partial charge on any atom is -0.462 e. The van der Waals surface area contributed by atoms with E-state index in [1.54, 1.807) is 37.5 Å². The van der Waals surface area contributed by atoms with Crippen LogP contribution in [0.5, 0.6) is 0 Å². The Balaban J connectivity index is 1.73. The van der Waals surface area contributed by atoms with Gasteiger partial charge in [0, 0.05) is 23.0 Å². The summed E-state index contributed by atoms with van der Waals surface area (Å²) >= 11 is 0. The number of halogens is 1. The molecule has 1 N–H and O–H groups in total. The van der Waals surface area contributed by atoms with Crippen LogP contribution < -0.4 is 0 Å². The van der Waals surface area contributed by atoms with E-state index in [1.165, 1.54) is 12.1 Å². The number of nitrogens with zero attached hydrogens (tertiary/aromatic N) is 4. The molecule has 0 fully saturated rings. The third kappa shape index (κ3) is 3.90. The van der Waals surface area contributed by atoms with Crippen LogP contribution in [0.25, 0.3) is 44.8 Å². The topological polar surface area (TPSA) is 93.7 Å². The first-order chi connectivity index (χ1) is 16.5. The van der Waals surface area contributed by atoms with Crippen LogP contribution in [0.4, 0.5) is 4.39 Å². The second-order valence-corrected chi connectivity index (χ2v) is 7.66.